The van der Waals surface area contributed by atoms with Gasteiger partial charge in [0.1, 0.15) is 0 Å². The van der Waals surface area contributed by atoms with Gasteiger partial charge in [0.25, 0.3) is 0 Å². The van der Waals surface area contributed by atoms with E-state index in [0.29, 0.717) is 6.04 Å². The Morgan fingerprint density at radius 1 is 1.31 bits per heavy atom. The lowest BCUT2D eigenvalue weighted by Crippen LogP contribution is -2.39. The summed E-state index contributed by atoms with van der Waals surface area (Å²) in [7, 11) is 2.19. The Morgan fingerprint density at radius 3 is 2.75 bits per heavy atom. The highest BCUT2D eigenvalue weighted by Crippen LogP contribution is 2.30. The highest BCUT2D eigenvalue weighted by atomic mass is 79.9. The molecule has 2 nitrogen and oxygen atoms in total. The zero-order chi connectivity index (χ0) is 11.5. The molecule has 1 aromatic rings. The molecule has 0 aliphatic heterocycles. The van der Waals surface area contributed by atoms with E-state index >= 15 is 0 Å². The van der Waals surface area contributed by atoms with Gasteiger partial charge in [0.15, 0.2) is 0 Å². The van der Waals surface area contributed by atoms with Crippen LogP contribution in [0.3, 0.4) is 0 Å². The third-order valence-electron chi connectivity index (χ3n) is 3.66. The van der Waals surface area contributed by atoms with Crippen LogP contribution in [0.15, 0.2) is 22.9 Å². The molecule has 0 bridgehead atoms. The third-order valence-corrected chi connectivity index (χ3v) is 4.10. The number of aromatic nitrogens is 1. The van der Waals surface area contributed by atoms with Crippen LogP contribution in [0.2, 0.25) is 0 Å². The average Bonchev–Trinajstić information content (AvgIpc) is 2.29. The normalized spacial score (nSPS) is 25.4. The van der Waals surface area contributed by atoms with Gasteiger partial charge in [-0.25, -0.2) is 0 Å². The molecule has 2 rings (SSSR count). The van der Waals surface area contributed by atoms with Crippen LogP contribution in [-0.4, -0.2) is 18.1 Å². The third kappa shape index (κ3) is 2.57. The molecule has 1 aliphatic rings. The van der Waals surface area contributed by atoms with Crippen LogP contribution < -0.4 is 4.90 Å². The second kappa shape index (κ2) is 5.17. The van der Waals surface area contributed by atoms with E-state index in [1.165, 1.54) is 31.4 Å². The summed E-state index contributed by atoms with van der Waals surface area (Å²) in [5, 5.41) is 0. The smallest absolute Gasteiger partial charge is 0.0564 e. The maximum atomic E-state index is 4.24. The lowest BCUT2D eigenvalue weighted by Gasteiger charge is -2.37. The van der Waals surface area contributed by atoms with Gasteiger partial charge in [0.2, 0.25) is 0 Å². The number of anilines is 1. The Bertz CT molecular complexity index is 354. The van der Waals surface area contributed by atoms with Crippen molar-refractivity contribution >= 4 is 21.6 Å². The van der Waals surface area contributed by atoms with Gasteiger partial charge in [-0.2, -0.15) is 0 Å². The molecule has 1 aromatic heterocycles. The van der Waals surface area contributed by atoms with Gasteiger partial charge in [-0.3, -0.25) is 4.98 Å². The number of hydrogen-bond donors (Lipinski definition) is 0. The second-order valence-corrected chi connectivity index (χ2v) is 5.72. The highest BCUT2D eigenvalue weighted by Gasteiger charge is 2.25. The molecule has 3 heteroatoms. The number of halogens is 1. The number of hydrogen-bond acceptors (Lipinski definition) is 2. The molecule has 16 heavy (non-hydrogen) atoms. The van der Waals surface area contributed by atoms with Crippen LogP contribution in [0, 0.1) is 5.92 Å². The van der Waals surface area contributed by atoms with E-state index in [9.17, 15) is 0 Å². The summed E-state index contributed by atoms with van der Waals surface area (Å²) in [6.07, 6.45) is 9.21. The average molecular weight is 283 g/mol. The SMILES string of the molecule is CC1CCCCC1N(C)c1cncc(Br)c1. The summed E-state index contributed by atoms with van der Waals surface area (Å²) in [5.41, 5.74) is 1.22. The maximum Gasteiger partial charge on any atom is 0.0564 e. The van der Waals surface area contributed by atoms with Crippen molar-refractivity contribution in [3.63, 3.8) is 0 Å². The zero-order valence-corrected chi connectivity index (χ0v) is 11.6. The zero-order valence-electron chi connectivity index (χ0n) is 9.99. The van der Waals surface area contributed by atoms with E-state index in [2.05, 4.69) is 45.9 Å². The van der Waals surface area contributed by atoms with Crippen molar-refractivity contribution in [3.8, 4) is 0 Å². The van der Waals surface area contributed by atoms with Crippen molar-refractivity contribution in [2.75, 3.05) is 11.9 Å². The molecule has 2 unspecified atom stereocenters. The minimum absolute atomic E-state index is 0.671. The molecule has 0 N–H and O–H groups in total. The second-order valence-electron chi connectivity index (χ2n) is 4.80. The lowest BCUT2D eigenvalue weighted by molar-refractivity contribution is 0.321. The monoisotopic (exact) mass is 282 g/mol. The highest BCUT2D eigenvalue weighted by molar-refractivity contribution is 9.10. The summed E-state index contributed by atoms with van der Waals surface area (Å²) >= 11 is 3.48. The van der Waals surface area contributed by atoms with E-state index in [-0.39, 0.29) is 0 Å². The standard InChI is InChI=1S/C13H19BrN2/c1-10-5-3-4-6-13(10)16(2)12-7-11(14)8-15-9-12/h7-10,13H,3-6H2,1-2H3. The van der Waals surface area contributed by atoms with E-state index < -0.39 is 0 Å². The summed E-state index contributed by atoms with van der Waals surface area (Å²) in [5.74, 6) is 0.790. The molecule has 1 heterocycles. The summed E-state index contributed by atoms with van der Waals surface area (Å²) in [6, 6.07) is 2.82. The number of rotatable bonds is 2. The minimum Gasteiger partial charge on any atom is -0.370 e. The van der Waals surface area contributed by atoms with Gasteiger partial charge in [-0.1, -0.05) is 19.8 Å². The molecular formula is C13H19BrN2. The van der Waals surface area contributed by atoms with Gasteiger partial charge in [0.05, 0.1) is 11.9 Å². The van der Waals surface area contributed by atoms with Crippen LogP contribution in [0.5, 0.6) is 0 Å². The summed E-state index contributed by atoms with van der Waals surface area (Å²) in [4.78, 5) is 6.63. The van der Waals surface area contributed by atoms with Crippen molar-refractivity contribution in [1.29, 1.82) is 0 Å². The maximum absolute atomic E-state index is 4.24. The Hall–Kier alpha value is -0.570. The van der Waals surface area contributed by atoms with E-state index in [1.807, 2.05) is 12.4 Å². The first-order valence-electron chi connectivity index (χ1n) is 6.02. The fourth-order valence-corrected chi connectivity index (χ4v) is 3.01. The molecule has 0 saturated heterocycles. The van der Waals surface area contributed by atoms with Crippen molar-refractivity contribution in [3.05, 3.63) is 22.9 Å². The molecule has 1 fully saturated rings. The summed E-state index contributed by atoms with van der Waals surface area (Å²) in [6.45, 7) is 2.37. The Labute approximate surface area is 106 Å². The van der Waals surface area contributed by atoms with Gasteiger partial charge in [0, 0.05) is 23.8 Å². The molecule has 1 aliphatic carbocycles. The Morgan fingerprint density at radius 2 is 2.06 bits per heavy atom. The molecule has 0 aromatic carbocycles. The summed E-state index contributed by atoms with van der Waals surface area (Å²) < 4.78 is 1.06. The van der Waals surface area contributed by atoms with Crippen molar-refractivity contribution < 1.29 is 0 Å². The molecule has 0 amide bonds. The predicted molar refractivity (Wildman–Crippen MR) is 71.8 cm³/mol. The van der Waals surface area contributed by atoms with E-state index in [1.54, 1.807) is 0 Å². The van der Waals surface area contributed by atoms with Crippen LogP contribution in [-0.2, 0) is 0 Å². The lowest BCUT2D eigenvalue weighted by atomic mass is 9.85. The number of nitrogens with zero attached hydrogens (tertiary/aromatic N) is 2. The first-order valence-corrected chi connectivity index (χ1v) is 6.81. The Kier molecular flexibility index (Phi) is 3.85. The van der Waals surface area contributed by atoms with Crippen molar-refractivity contribution in [2.45, 2.75) is 38.6 Å². The topological polar surface area (TPSA) is 16.1 Å². The quantitative estimate of drug-likeness (QED) is 0.819. The first-order chi connectivity index (χ1) is 7.68. The van der Waals surface area contributed by atoms with E-state index in [4.69, 9.17) is 0 Å². The molecule has 0 spiro atoms. The fraction of sp³-hybridized carbons (Fsp3) is 0.615. The largest absolute Gasteiger partial charge is 0.370 e. The van der Waals surface area contributed by atoms with Crippen LogP contribution in [0.1, 0.15) is 32.6 Å². The Balaban J connectivity index is 2.14. The molecule has 88 valence electrons. The van der Waals surface area contributed by atoms with Gasteiger partial charge in [-0.05, 0) is 40.8 Å². The first kappa shape index (κ1) is 11.9. The van der Waals surface area contributed by atoms with Crippen LogP contribution in [0.25, 0.3) is 0 Å². The predicted octanol–water partition coefficient (Wildman–Crippen LogP) is 3.86. The van der Waals surface area contributed by atoms with Crippen molar-refractivity contribution in [2.24, 2.45) is 5.92 Å². The fourth-order valence-electron chi connectivity index (χ4n) is 2.66. The molecule has 2 atom stereocenters. The van der Waals surface area contributed by atoms with Gasteiger partial charge >= 0.3 is 0 Å². The van der Waals surface area contributed by atoms with Gasteiger partial charge < -0.3 is 4.90 Å². The molecule has 1 saturated carbocycles. The van der Waals surface area contributed by atoms with Crippen LogP contribution in [0.4, 0.5) is 5.69 Å². The van der Waals surface area contributed by atoms with Gasteiger partial charge in [-0.15, -0.1) is 0 Å². The molecular weight excluding hydrogens is 264 g/mol. The number of pyridine rings is 1. The van der Waals surface area contributed by atoms with Crippen LogP contribution >= 0.6 is 15.9 Å². The molecule has 0 radical (unpaired) electrons. The van der Waals surface area contributed by atoms with E-state index in [0.717, 1.165) is 10.4 Å². The minimum atomic E-state index is 0.671. The van der Waals surface area contributed by atoms with Crippen molar-refractivity contribution in [1.82, 2.24) is 4.98 Å².